The SMILES string of the molecule is COCC1CN(S(=O)(=O)C2CCC(F)C(F)C2)C2CC(NC(=O)CC3CCC(Cl)CC3)CCC2O1. The fourth-order valence-corrected chi connectivity index (χ4v) is 8.76. The molecule has 1 saturated heterocycles. The summed E-state index contributed by atoms with van der Waals surface area (Å²) in [6, 6.07) is -0.594. The molecule has 0 aromatic rings. The van der Waals surface area contributed by atoms with E-state index in [2.05, 4.69) is 5.32 Å². The largest absolute Gasteiger partial charge is 0.382 e. The molecule has 0 radical (unpaired) electrons. The maximum absolute atomic E-state index is 14.1. The van der Waals surface area contributed by atoms with Crippen LogP contribution in [-0.4, -0.2) is 86.2 Å². The van der Waals surface area contributed by atoms with Crippen molar-refractivity contribution in [1.82, 2.24) is 9.62 Å². The lowest BCUT2D eigenvalue weighted by Crippen LogP contribution is -2.63. The summed E-state index contributed by atoms with van der Waals surface area (Å²) < 4.78 is 68.0. The Morgan fingerprint density at radius 1 is 1.06 bits per heavy atom. The quantitative estimate of drug-likeness (QED) is 0.500. The van der Waals surface area contributed by atoms with Crippen molar-refractivity contribution in [3.8, 4) is 0 Å². The van der Waals surface area contributed by atoms with Crippen LogP contribution in [0.1, 0.15) is 70.6 Å². The van der Waals surface area contributed by atoms with Gasteiger partial charge in [-0.05, 0) is 70.1 Å². The van der Waals surface area contributed by atoms with Gasteiger partial charge in [0.05, 0.1) is 30.1 Å². The number of hydrogen-bond acceptors (Lipinski definition) is 5. The summed E-state index contributed by atoms with van der Waals surface area (Å²) in [7, 11) is -2.34. The van der Waals surface area contributed by atoms with E-state index in [1.807, 2.05) is 0 Å². The lowest BCUT2D eigenvalue weighted by Gasteiger charge is -2.49. The Morgan fingerprint density at radius 3 is 2.49 bits per heavy atom. The van der Waals surface area contributed by atoms with Crippen LogP contribution in [-0.2, 0) is 24.3 Å². The number of carbonyl (C=O) groups is 1. The first-order valence-electron chi connectivity index (χ1n) is 13.0. The fourth-order valence-electron chi connectivity index (χ4n) is 6.29. The number of rotatable bonds is 7. The van der Waals surface area contributed by atoms with E-state index in [1.54, 1.807) is 0 Å². The van der Waals surface area contributed by atoms with Gasteiger partial charge >= 0.3 is 0 Å². The normalized spacial score (nSPS) is 41.2. The van der Waals surface area contributed by atoms with Crippen LogP contribution in [0.3, 0.4) is 0 Å². The van der Waals surface area contributed by atoms with Gasteiger partial charge in [0.1, 0.15) is 12.3 Å². The fraction of sp³-hybridized carbons (Fsp3) is 0.958. The molecule has 4 rings (SSSR count). The number of fused-ring (bicyclic) bond motifs is 1. The summed E-state index contributed by atoms with van der Waals surface area (Å²) in [6.07, 6.45) is 1.60. The summed E-state index contributed by atoms with van der Waals surface area (Å²) in [5.41, 5.74) is 0. The van der Waals surface area contributed by atoms with E-state index < -0.39 is 39.8 Å². The van der Waals surface area contributed by atoms with Crippen LogP contribution >= 0.6 is 11.6 Å². The molecule has 4 fully saturated rings. The molecular weight excluding hydrogens is 502 g/mol. The van der Waals surface area contributed by atoms with E-state index in [9.17, 15) is 22.0 Å². The maximum atomic E-state index is 14.1. The summed E-state index contributed by atoms with van der Waals surface area (Å²) >= 11 is 6.18. The maximum Gasteiger partial charge on any atom is 0.220 e. The number of alkyl halides is 3. The van der Waals surface area contributed by atoms with Gasteiger partial charge in [-0.2, -0.15) is 4.31 Å². The number of amides is 1. The molecule has 7 unspecified atom stereocenters. The Kier molecular flexibility index (Phi) is 9.33. The number of ether oxygens (including phenoxy) is 2. The molecule has 35 heavy (non-hydrogen) atoms. The van der Waals surface area contributed by atoms with Crippen LogP contribution in [0.15, 0.2) is 0 Å². The van der Waals surface area contributed by atoms with Gasteiger partial charge in [0.15, 0.2) is 0 Å². The smallest absolute Gasteiger partial charge is 0.220 e. The molecule has 1 heterocycles. The second-order valence-electron chi connectivity index (χ2n) is 10.8. The van der Waals surface area contributed by atoms with Gasteiger partial charge in [0, 0.05) is 31.5 Å². The van der Waals surface area contributed by atoms with Gasteiger partial charge in [-0.25, -0.2) is 17.2 Å². The molecule has 202 valence electrons. The highest BCUT2D eigenvalue weighted by atomic mass is 35.5. The van der Waals surface area contributed by atoms with Gasteiger partial charge in [-0.1, -0.05) is 0 Å². The second kappa shape index (κ2) is 11.9. The molecule has 7 atom stereocenters. The van der Waals surface area contributed by atoms with Crippen LogP contribution in [0.5, 0.6) is 0 Å². The zero-order valence-corrected chi connectivity index (χ0v) is 22.0. The number of nitrogens with one attached hydrogen (secondary N) is 1. The minimum atomic E-state index is -3.88. The number of hydrogen-bond donors (Lipinski definition) is 1. The molecule has 0 spiro atoms. The van der Waals surface area contributed by atoms with Crippen molar-refractivity contribution in [2.24, 2.45) is 5.92 Å². The molecule has 1 aliphatic heterocycles. The van der Waals surface area contributed by atoms with E-state index in [0.717, 1.165) is 25.7 Å². The lowest BCUT2D eigenvalue weighted by molar-refractivity contribution is -0.134. The number of nitrogens with zero attached hydrogens (tertiary/aromatic N) is 1. The second-order valence-corrected chi connectivity index (χ2v) is 13.6. The third kappa shape index (κ3) is 6.67. The number of morpholine rings is 1. The van der Waals surface area contributed by atoms with Crippen molar-refractivity contribution in [1.29, 1.82) is 0 Å². The number of halogens is 3. The molecule has 0 aromatic heterocycles. The Hall–Kier alpha value is -0.550. The third-order valence-corrected chi connectivity index (χ3v) is 11.0. The predicted molar refractivity (Wildman–Crippen MR) is 129 cm³/mol. The first-order chi connectivity index (χ1) is 16.7. The predicted octanol–water partition coefficient (Wildman–Crippen LogP) is 3.49. The Balaban J connectivity index is 1.42. The van der Waals surface area contributed by atoms with Gasteiger partial charge in [-0.3, -0.25) is 4.79 Å². The molecule has 4 aliphatic rings. The van der Waals surface area contributed by atoms with Gasteiger partial charge in [0.2, 0.25) is 15.9 Å². The third-order valence-electron chi connectivity index (χ3n) is 8.24. The Morgan fingerprint density at radius 2 is 1.80 bits per heavy atom. The van der Waals surface area contributed by atoms with Crippen LogP contribution in [0, 0.1) is 5.92 Å². The van der Waals surface area contributed by atoms with Crippen LogP contribution in [0.25, 0.3) is 0 Å². The number of methoxy groups -OCH3 is 1. The van der Waals surface area contributed by atoms with E-state index in [0.29, 0.717) is 31.6 Å². The van der Waals surface area contributed by atoms with Gasteiger partial charge in [0.25, 0.3) is 0 Å². The average molecular weight is 541 g/mol. The summed E-state index contributed by atoms with van der Waals surface area (Å²) in [4.78, 5) is 12.8. The van der Waals surface area contributed by atoms with Gasteiger partial charge in [-0.15, -0.1) is 11.6 Å². The Bertz CT molecular complexity index is 829. The lowest BCUT2D eigenvalue weighted by atomic mass is 9.85. The zero-order chi connectivity index (χ0) is 25.2. The van der Waals surface area contributed by atoms with Crippen LogP contribution in [0.4, 0.5) is 8.78 Å². The van der Waals surface area contributed by atoms with E-state index >= 15 is 0 Å². The summed E-state index contributed by atoms with van der Waals surface area (Å²) in [5.74, 6) is 0.335. The molecular formula is C24H39ClF2N2O5S. The van der Waals surface area contributed by atoms with E-state index in [1.165, 1.54) is 11.4 Å². The van der Waals surface area contributed by atoms with Crippen molar-refractivity contribution >= 4 is 27.5 Å². The highest BCUT2D eigenvalue weighted by molar-refractivity contribution is 7.89. The molecule has 1 N–H and O–H groups in total. The van der Waals surface area contributed by atoms with Crippen molar-refractivity contribution < 1.29 is 31.5 Å². The molecule has 1 amide bonds. The summed E-state index contributed by atoms with van der Waals surface area (Å²) in [5, 5.41) is 2.39. The minimum Gasteiger partial charge on any atom is -0.382 e. The van der Waals surface area contributed by atoms with Gasteiger partial charge < -0.3 is 14.8 Å². The zero-order valence-electron chi connectivity index (χ0n) is 20.4. The molecule has 0 aromatic carbocycles. The summed E-state index contributed by atoms with van der Waals surface area (Å²) in [6.45, 7) is 0.370. The first-order valence-corrected chi connectivity index (χ1v) is 15.0. The molecule has 0 bridgehead atoms. The highest BCUT2D eigenvalue weighted by Gasteiger charge is 2.49. The number of carbonyl (C=O) groups excluding carboxylic acids is 1. The van der Waals surface area contributed by atoms with Crippen molar-refractivity contribution in [2.75, 3.05) is 20.3 Å². The number of sulfonamides is 1. The van der Waals surface area contributed by atoms with Crippen molar-refractivity contribution in [3.05, 3.63) is 0 Å². The first kappa shape index (κ1) is 27.5. The monoisotopic (exact) mass is 540 g/mol. The van der Waals surface area contributed by atoms with E-state index in [4.69, 9.17) is 21.1 Å². The topological polar surface area (TPSA) is 84.9 Å². The molecule has 11 heteroatoms. The van der Waals surface area contributed by atoms with Crippen molar-refractivity contribution in [2.45, 2.75) is 118 Å². The average Bonchev–Trinajstić information content (AvgIpc) is 2.82. The molecule has 7 nitrogen and oxygen atoms in total. The highest BCUT2D eigenvalue weighted by Crippen LogP contribution is 2.37. The standard InChI is InChI=1S/C24H39ClF2N2O5S/c1-33-14-18-13-29(35(31,32)19-7-8-20(26)21(27)12-19)22-11-17(6-9-23(22)34-18)28-24(30)10-15-2-4-16(25)5-3-15/h15-23H,2-14H2,1H3,(H,28,30). The minimum absolute atomic E-state index is 0.00333. The molecule has 3 saturated carbocycles. The van der Waals surface area contributed by atoms with Crippen molar-refractivity contribution in [3.63, 3.8) is 0 Å². The van der Waals surface area contributed by atoms with E-state index in [-0.39, 0.29) is 55.8 Å². The molecule has 3 aliphatic carbocycles. The van der Waals surface area contributed by atoms with Crippen LogP contribution in [0.2, 0.25) is 0 Å². The van der Waals surface area contributed by atoms with Crippen LogP contribution < -0.4 is 5.32 Å². The Labute approximate surface area is 212 Å².